The zero-order chi connectivity index (χ0) is 35.9. The number of rotatable bonds is 5. The number of hydrogen-bond acceptors (Lipinski definition) is 9. The van der Waals surface area contributed by atoms with E-state index in [1.807, 2.05) is 6.07 Å². The minimum atomic E-state index is 0.0146. The Balaban J connectivity index is 1.33. The van der Waals surface area contributed by atoms with Crippen molar-refractivity contribution in [3.05, 3.63) is 99.6 Å². The molecule has 0 spiro atoms. The van der Waals surface area contributed by atoms with E-state index < -0.39 is 0 Å². The van der Waals surface area contributed by atoms with Gasteiger partial charge >= 0.3 is 0 Å². The average molecular weight is 705 g/mol. The molecular formula is C43H52N4O5. The Morgan fingerprint density at radius 2 is 1.35 bits per heavy atom. The maximum absolute atomic E-state index is 7.17. The molecular weight excluding hydrogens is 652 g/mol. The quantitative estimate of drug-likeness (QED) is 0.221. The number of nitrogens with zero attached hydrogens (tertiary/aromatic N) is 4. The highest BCUT2D eigenvalue weighted by Gasteiger charge is 2.37. The van der Waals surface area contributed by atoms with Crippen molar-refractivity contribution in [2.75, 3.05) is 81.7 Å². The van der Waals surface area contributed by atoms with E-state index in [0.717, 1.165) is 100 Å². The number of benzene rings is 4. The predicted molar refractivity (Wildman–Crippen MR) is 204 cm³/mol. The van der Waals surface area contributed by atoms with E-state index in [2.05, 4.69) is 95.3 Å². The zero-order valence-electron chi connectivity index (χ0n) is 31.5. The molecule has 5 aliphatic heterocycles. The Kier molecular flexibility index (Phi) is 9.78. The van der Waals surface area contributed by atoms with Crippen molar-refractivity contribution < 1.29 is 23.7 Å². The molecule has 5 heterocycles. The van der Waals surface area contributed by atoms with Crippen molar-refractivity contribution in [1.82, 2.24) is 19.6 Å². The number of methoxy groups -OCH3 is 3. The summed E-state index contributed by atoms with van der Waals surface area (Å²) in [5.74, 6) is 5.20. The fourth-order valence-corrected chi connectivity index (χ4v) is 8.70. The molecule has 9 nitrogen and oxygen atoms in total. The molecule has 0 aliphatic carbocycles. The van der Waals surface area contributed by atoms with E-state index in [1.54, 1.807) is 21.3 Å². The van der Waals surface area contributed by atoms with Crippen molar-refractivity contribution in [2.45, 2.75) is 44.3 Å². The molecule has 0 saturated carbocycles. The minimum Gasteiger partial charge on any atom is -0.493 e. The van der Waals surface area contributed by atoms with Crippen LogP contribution in [0.15, 0.2) is 60.7 Å². The van der Waals surface area contributed by atoms with Gasteiger partial charge in [-0.25, -0.2) is 0 Å². The Bertz CT molecular complexity index is 1920. The van der Waals surface area contributed by atoms with Gasteiger partial charge in [-0.1, -0.05) is 24.3 Å². The van der Waals surface area contributed by atoms with Crippen LogP contribution in [0.1, 0.15) is 51.0 Å². The van der Waals surface area contributed by atoms with E-state index in [-0.39, 0.29) is 12.1 Å². The number of likely N-dealkylation sites (N-methyl/N-ethyl adjacent to an activating group) is 3. The van der Waals surface area contributed by atoms with Crippen LogP contribution in [0.3, 0.4) is 0 Å². The van der Waals surface area contributed by atoms with E-state index >= 15 is 0 Å². The lowest BCUT2D eigenvalue weighted by Crippen LogP contribution is -2.44. The summed E-state index contributed by atoms with van der Waals surface area (Å²) in [4.78, 5) is 9.88. The zero-order valence-corrected chi connectivity index (χ0v) is 31.5. The van der Waals surface area contributed by atoms with Crippen molar-refractivity contribution in [3.63, 3.8) is 0 Å². The molecule has 0 aromatic heterocycles. The van der Waals surface area contributed by atoms with E-state index in [4.69, 9.17) is 23.7 Å². The van der Waals surface area contributed by atoms with Gasteiger partial charge in [0.05, 0.1) is 21.3 Å². The number of fused-ring (bicyclic) bond motifs is 2. The number of ether oxygens (including phenoxy) is 5. The van der Waals surface area contributed by atoms with Gasteiger partial charge in [0.2, 0.25) is 5.75 Å². The number of piperazine rings is 1. The Hall–Kier alpha value is -4.28. The fraction of sp³-hybridized carbons (Fsp3) is 0.442. The van der Waals surface area contributed by atoms with Crippen LogP contribution >= 0.6 is 0 Å². The molecule has 1 saturated heterocycles. The summed E-state index contributed by atoms with van der Waals surface area (Å²) in [6.07, 6.45) is 3.53. The molecule has 52 heavy (non-hydrogen) atoms. The highest BCUT2D eigenvalue weighted by Crippen LogP contribution is 2.53. The van der Waals surface area contributed by atoms with E-state index in [0.29, 0.717) is 17.2 Å². The molecule has 9 heteroatoms. The monoisotopic (exact) mass is 704 g/mol. The Labute approximate surface area is 308 Å². The van der Waals surface area contributed by atoms with Gasteiger partial charge in [-0.3, -0.25) is 14.7 Å². The summed E-state index contributed by atoms with van der Waals surface area (Å²) in [6, 6.07) is 21.7. The van der Waals surface area contributed by atoms with Gasteiger partial charge in [0.1, 0.15) is 11.5 Å². The summed E-state index contributed by atoms with van der Waals surface area (Å²) < 4.78 is 32.1. The third kappa shape index (κ3) is 6.60. The van der Waals surface area contributed by atoms with E-state index in [1.165, 1.54) is 33.4 Å². The van der Waals surface area contributed by atoms with Crippen LogP contribution < -0.4 is 23.7 Å². The molecule has 0 radical (unpaired) electrons. The lowest BCUT2D eigenvalue weighted by molar-refractivity contribution is 0.145. The predicted octanol–water partition coefficient (Wildman–Crippen LogP) is 6.90. The summed E-state index contributed by atoms with van der Waals surface area (Å²) in [5, 5.41) is 0. The minimum absolute atomic E-state index is 0.0146. The molecule has 9 rings (SSSR count). The van der Waals surface area contributed by atoms with Crippen LogP contribution in [-0.2, 0) is 32.2 Å². The highest BCUT2D eigenvalue weighted by atomic mass is 16.5. The van der Waals surface area contributed by atoms with Crippen molar-refractivity contribution >= 4 is 0 Å². The number of hydrogen-bond donors (Lipinski definition) is 0. The molecule has 0 unspecified atom stereocenters. The maximum atomic E-state index is 7.17. The van der Waals surface area contributed by atoms with Crippen LogP contribution in [0, 0.1) is 0 Å². The smallest absolute Gasteiger partial charge is 0.204 e. The van der Waals surface area contributed by atoms with Gasteiger partial charge in [0, 0.05) is 69.0 Å². The first-order chi connectivity index (χ1) is 25.3. The van der Waals surface area contributed by atoms with Crippen LogP contribution in [0.5, 0.6) is 40.2 Å². The van der Waals surface area contributed by atoms with Crippen molar-refractivity contribution in [1.29, 1.82) is 0 Å². The Morgan fingerprint density at radius 3 is 2.10 bits per heavy atom. The summed E-state index contributed by atoms with van der Waals surface area (Å²) in [5.41, 5.74) is 8.79. The normalized spacial score (nSPS) is 21.0. The molecule has 2 atom stereocenters. The van der Waals surface area contributed by atoms with Crippen LogP contribution in [-0.4, -0.2) is 101 Å². The summed E-state index contributed by atoms with van der Waals surface area (Å²) >= 11 is 0. The van der Waals surface area contributed by atoms with Crippen LogP contribution in [0.25, 0.3) is 0 Å². The third-order valence-corrected chi connectivity index (χ3v) is 11.8. The average Bonchev–Trinajstić information content (AvgIpc) is 3.15. The first-order valence-corrected chi connectivity index (χ1v) is 18.7. The first-order valence-electron chi connectivity index (χ1n) is 18.7. The lowest BCUT2D eigenvalue weighted by atomic mass is 9.84. The molecule has 0 amide bonds. The topological polar surface area (TPSA) is 59.1 Å². The molecule has 0 N–H and O–H groups in total. The standard InChI is InChI=1S/C43H52N4O5/c1-44-19-21-47(22-20-44)27-35-33-16-18-46(3)37-24-29-9-14-38(48-4)39(25-29)51-31-11-7-28(8-12-31)23-36-34-26-32(13-10-30(34)15-17-45(36)2)52-42(40(33)37)43(50-6)41(35)49-5/h7-14,25-26,36-37H,15-24,27H2,1-6H3/t36-,37-/m0/s1. The van der Waals surface area contributed by atoms with Gasteiger partial charge in [0.15, 0.2) is 23.0 Å². The second-order valence-corrected chi connectivity index (χ2v) is 14.9. The first kappa shape index (κ1) is 34.8. The molecule has 4 aromatic carbocycles. The van der Waals surface area contributed by atoms with Crippen LogP contribution in [0.4, 0.5) is 0 Å². The van der Waals surface area contributed by atoms with Gasteiger partial charge < -0.3 is 28.6 Å². The molecule has 1 fully saturated rings. The van der Waals surface area contributed by atoms with Crippen molar-refractivity contribution in [2.24, 2.45) is 0 Å². The van der Waals surface area contributed by atoms with Crippen LogP contribution in [0.2, 0.25) is 0 Å². The molecule has 274 valence electrons. The molecule has 4 aromatic rings. The van der Waals surface area contributed by atoms with Gasteiger partial charge in [-0.05, 0) is 111 Å². The van der Waals surface area contributed by atoms with E-state index in [9.17, 15) is 0 Å². The lowest BCUT2D eigenvalue weighted by Gasteiger charge is -2.39. The SMILES string of the molecule is COc1ccc2cc1Oc1ccc(cc1)C[C@H]1c3cc(ccc3CCN1C)Oc1c(OC)c(OC)c(CN3CCN(C)CC3)c3c1[C@H](C2)N(C)CC3. The molecule has 6 bridgehead atoms. The Morgan fingerprint density at radius 1 is 0.654 bits per heavy atom. The largest absolute Gasteiger partial charge is 0.493 e. The maximum Gasteiger partial charge on any atom is 0.204 e. The summed E-state index contributed by atoms with van der Waals surface area (Å²) in [6.45, 7) is 6.86. The van der Waals surface area contributed by atoms with Gasteiger partial charge in [0.25, 0.3) is 0 Å². The highest BCUT2D eigenvalue weighted by molar-refractivity contribution is 5.67. The second-order valence-electron chi connectivity index (χ2n) is 14.9. The second kappa shape index (κ2) is 14.6. The van der Waals surface area contributed by atoms with Gasteiger partial charge in [-0.2, -0.15) is 0 Å². The molecule has 5 aliphatic rings. The fourth-order valence-electron chi connectivity index (χ4n) is 8.70. The third-order valence-electron chi connectivity index (χ3n) is 11.8. The van der Waals surface area contributed by atoms with Gasteiger partial charge in [-0.15, -0.1) is 0 Å². The summed E-state index contributed by atoms with van der Waals surface area (Å²) in [7, 11) is 11.9. The van der Waals surface area contributed by atoms with Crippen molar-refractivity contribution in [3.8, 4) is 40.2 Å².